The van der Waals surface area contributed by atoms with E-state index in [-0.39, 0.29) is 0 Å². The first kappa shape index (κ1) is 15.2. The Labute approximate surface area is 125 Å². The van der Waals surface area contributed by atoms with E-state index in [1.165, 1.54) is 0 Å². The standard InChI is InChI=1S/C17H21NO3/c1-18(13-8-10-14(20-2)11-9-13)12-16(19)15-6-4-5-7-17(15)21-3/h4-11,16,19H,12H2,1-3H3. The molecule has 0 aliphatic rings. The van der Waals surface area contributed by atoms with Gasteiger partial charge in [-0.1, -0.05) is 18.2 Å². The Morgan fingerprint density at radius 1 is 1.00 bits per heavy atom. The van der Waals surface area contributed by atoms with Gasteiger partial charge in [-0.25, -0.2) is 0 Å². The van der Waals surface area contributed by atoms with Crippen molar-refractivity contribution in [2.24, 2.45) is 0 Å². The second kappa shape index (κ2) is 6.99. The Morgan fingerprint density at radius 2 is 1.67 bits per heavy atom. The topological polar surface area (TPSA) is 41.9 Å². The van der Waals surface area contributed by atoms with Gasteiger partial charge in [0.05, 0.1) is 20.3 Å². The van der Waals surface area contributed by atoms with Crippen LogP contribution in [0.3, 0.4) is 0 Å². The van der Waals surface area contributed by atoms with E-state index < -0.39 is 6.10 Å². The molecular formula is C17H21NO3. The molecule has 0 aromatic heterocycles. The van der Waals surface area contributed by atoms with E-state index in [0.717, 1.165) is 17.0 Å². The number of hydrogen-bond acceptors (Lipinski definition) is 4. The molecule has 2 aromatic carbocycles. The van der Waals surface area contributed by atoms with Crippen LogP contribution < -0.4 is 14.4 Å². The van der Waals surface area contributed by atoms with Crippen LogP contribution in [0, 0.1) is 0 Å². The van der Waals surface area contributed by atoms with E-state index in [4.69, 9.17) is 9.47 Å². The van der Waals surface area contributed by atoms with Crippen LogP contribution in [0.15, 0.2) is 48.5 Å². The lowest BCUT2D eigenvalue weighted by Gasteiger charge is -2.24. The first-order chi connectivity index (χ1) is 10.2. The molecule has 21 heavy (non-hydrogen) atoms. The number of anilines is 1. The van der Waals surface area contributed by atoms with Gasteiger partial charge in [-0.3, -0.25) is 0 Å². The van der Waals surface area contributed by atoms with E-state index in [9.17, 15) is 5.11 Å². The van der Waals surface area contributed by atoms with Crippen molar-refractivity contribution in [3.05, 3.63) is 54.1 Å². The maximum Gasteiger partial charge on any atom is 0.124 e. The van der Waals surface area contributed by atoms with E-state index in [2.05, 4.69) is 0 Å². The fourth-order valence-corrected chi connectivity index (χ4v) is 2.24. The summed E-state index contributed by atoms with van der Waals surface area (Å²) in [5.74, 6) is 1.52. The Kier molecular flexibility index (Phi) is 5.06. The molecule has 0 aliphatic heterocycles. The minimum atomic E-state index is -0.617. The molecule has 1 N–H and O–H groups in total. The van der Waals surface area contributed by atoms with E-state index in [0.29, 0.717) is 12.3 Å². The maximum atomic E-state index is 10.4. The van der Waals surface area contributed by atoms with Gasteiger partial charge in [0.2, 0.25) is 0 Å². The lowest BCUT2D eigenvalue weighted by molar-refractivity contribution is 0.180. The van der Waals surface area contributed by atoms with Gasteiger partial charge in [-0.05, 0) is 30.3 Å². The van der Waals surface area contributed by atoms with Gasteiger partial charge in [-0.15, -0.1) is 0 Å². The first-order valence-corrected chi connectivity index (χ1v) is 6.82. The van der Waals surface area contributed by atoms with Gasteiger partial charge in [0.25, 0.3) is 0 Å². The summed E-state index contributed by atoms with van der Waals surface area (Å²) >= 11 is 0. The van der Waals surface area contributed by atoms with Crippen LogP contribution in [0.2, 0.25) is 0 Å². The summed E-state index contributed by atoms with van der Waals surface area (Å²) < 4.78 is 10.4. The van der Waals surface area contributed by atoms with Crippen molar-refractivity contribution >= 4 is 5.69 Å². The molecule has 0 spiro atoms. The number of ether oxygens (including phenoxy) is 2. The van der Waals surface area contributed by atoms with Crippen LogP contribution in [0.1, 0.15) is 11.7 Å². The highest BCUT2D eigenvalue weighted by Gasteiger charge is 2.15. The first-order valence-electron chi connectivity index (χ1n) is 6.82. The van der Waals surface area contributed by atoms with Crippen molar-refractivity contribution in [2.75, 3.05) is 32.7 Å². The number of likely N-dealkylation sites (N-methyl/N-ethyl adjacent to an activating group) is 1. The second-order valence-corrected chi connectivity index (χ2v) is 4.84. The molecule has 2 aromatic rings. The van der Waals surface area contributed by atoms with Gasteiger partial charge < -0.3 is 19.5 Å². The monoisotopic (exact) mass is 287 g/mol. The van der Waals surface area contributed by atoms with Gasteiger partial charge in [-0.2, -0.15) is 0 Å². The van der Waals surface area contributed by atoms with Crippen molar-refractivity contribution in [3.8, 4) is 11.5 Å². The number of hydrogen-bond donors (Lipinski definition) is 1. The van der Waals surface area contributed by atoms with Gasteiger partial charge in [0.1, 0.15) is 11.5 Å². The molecule has 4 heteroatoms. The quantitative estimate of drug-likeness (QED) is 0.887. The third-order valence-corrected chi connectivity index (χ3v) is 3.46. The van der Waals surface area contributed by atoms with Crippen molar-refractivity contribution in [1.29, 1.82) is 0 Å². The summed E-state index contributed by atoms with van der Waals surface area (Å²) in [6, 6.07) is 15.3. The SMILES string of the molecule is COc1ccc(N(C)CC(O)c2ccccc2OC)cc1. The predicted octanol–water partition coefficient (Wildman–Crippen LogP) is 2.87. The number of methoxy groups -OCH3 is 2. The molecule has 0 radical (unpaired) electrons. The number of para-hydroxylation sites is 1. The van der Waals surface area contributed by atoms with Crippen LogP contribution in [0.5, 0.6) is 11.5 Å². The molecule has 0 fully saturated rings. The highest BCUT2D eigenvalue weighted by molar-refractivity contribution is 5.49. The second-order valence-electron chi connectivity index (χ2n) is 4.84. The van der Waals surface area contributed by atoms with Gasteiger partial charge >= 0.3 is 0 Å². The lowest BCUT2D eigenvalue weighted by Crippen LogP contribution is -2.24. The molecule has 0 saturated carbocycles. The van der Waals surface area contributed by atoms with Crippen LogP contribution in [0.4, 0.5) is 5.69 Å². The molecule has 0 saturated heterocycles. The molecule has 1 unspecified atom stereocenters. The Balaban J connectivity index is 2.08. The van der Waals surface area contributed by atoms with Crippen molar-refractivity contribution in [1.82, 2.24) is 0 Å². The summed E-state index contributed by atoms with van der Waals surface area (Å²) in [5.41, 5.74) is 1.81. The summed E-state index contributed by atoms with van der Waals surface area (Å²) in [7, 11) is 5.20. The lowest BCUT2D eigenvalue weighted by atomic mass is 10.1. The summed E-state index contributed by atoms with van der Waals surface area (Å²) in [5, 5.41) is 10.4. The number of rotatable bonds is 6. The van der Waals surface area contributed by atoms with Crippen molar-refractivity contribution in [2.45, 2.75) is 6.10 Å². The minimum absolute atomic E-state index is 0.479. The third kappa shape index (κ3) is 3.67. The Morgan fingerprint density at radius 3 is 2.29 bits per heavy atom. The average Bonchev–Trinajstić information content (AvgIpc) is 2.54. The van der Waals surface area contributed by atoms with Gasteiger partial charge in [0.15, 0.2) is 0 Å². The normalized spacial score (nSPS) is 11.8. The van der Waals surface area contributed by atoms with Crippen molar-refractivity contribution in [3.63, 3.8) is 0 Å². The Bertz CT molecular complexity index is 569. The number of aliphatic hydroxyl groups excluding tert-OH is 1. The molecule has 112 valence electrons. The van der Waals surface area contributed by atoms with Crippen LogP contribution >= 0.6 is 0 Å². The largest absolute Gasteiger partial charge is 0.497 e. The van der Waals surface area contributed by atoms with Crippen molar-refractivity contribution < 1.29 is 14.6 Å². The number of aliphatic hydroxyl groups is 1. The van der Waals surface area contributed by atoms with E-state index in [1.807, 2.05) is 60.5 Å². The molecule has 0 bridgehead atoms. The molecular weight excluding hydrogens is 266 g/mol. The molecule has 0 heterocycles. The average molecular weight is 287 g/mol. The molecule has 0 aliphatic carbocycles. The summed E-state index contributed by atoms with van der Waals surface area (Å²) in [6.45, 7) is 0.479. The zero-order valence-corrected chi connectivity index (χ0v) is 12.6. The highest BCUT2D eigenvalue weighted by Crippen LogP contribution is 2.26. The molecule has 4 nitrogen and oxygen atoms in total. The zero-order chi connectivity index (χ0) is 15.2. The fraction of sp³-hybridized carbons (Fsp3) is 0.294. The van der Waals surface area contributed by atoms with E-state index >= 15 is 0 Å². The van der Waals surface area contributed by atoms with Crippen LogP contribution in [0.25, 0.3) is 0 Å². The molecule has 2 rings (SSSR count). The molecule has 0 amide bonds. The summed E-state index contributed by atoms with van der Waals surface area (Å²) in [6.07, 6.45) is -0.617. The predicted molar refractivity (Wildman–Crippen MR) is 84.2 cm³/mol. The van der Waals surface area contributed by atoms with Crippen LogP contribution in [-0.2, 0) is 0 Å². The van der Waals surface area contributed by atoms with Gasteiger partial charge in [0, 0.05) is 24.8 Å². The Hall–Kier alpha value is -2.20. The third-order valence-electron chi connectivity index (χ3n) is 3.46. The number of benzene rings is 2. The number of nitrogens with zero attached hydrogens (tertiary/aromatic N) is 1. The minimum Gasteiger partial charge on any atom is -0.497 e. The summed E-state index contributed by atoms with van der Waals surface area (Å²) in [4.78, 5) is 2.00. The van der Waals surface area contributed by atoms with E-state index in [1.54, 1.807) is 14.2 Å². The van der Waals surface area contributed by atoms with Crippen LogP contribution in [-0.4, -0.2) is 32.9 Å². The smallest absolute Gasteiger partial charge is 0.124 e. The zero-order valence-electron chi connectivity index (χ0n) is 12.6. The maximum absolute atomic E-state index is 10.4. The fourth-order valence-electron chi connectivity index (χ4n) is 2.24. The molecule has 1 atom stereocenters. The highest BCUT2D eigenvalue weighted by atomic mass is 16.5.